The summed E-state index contributed by atoms with van der Waals surface area (Å²) in [7, 11) is 0. The molecule has 0 unspecified atom stereocenters. The number of nitrogens with one attached hydrogen (secondary N) is 1. The van der Waals surface area contributed by atoms with Gasteiger partial charge in [-0.2, -0.15) is 0 Å². The number of H-pyrrole nitrogens is 1. The van der Waals surface area contributed by atoms with E-state index in [4.69, 9.17) is 0 Å². The van der Waals surface area contributed by atoms with Gasteiger partial charge in [0.1, 0.15) is 0 Å². The lowest BCUT2D eigenvalue weighted by atomic mass is 10.1. The molecular formula is C17H29N. The third kappa shape index (κ3) is 8.16. The van der Waals surface area contributed by atoms with Crippen LogP contribution in [0.25, 0.3) is 0 Å². The Labute approximate surface area is 113 Å². The second-order valence-corrected chi connectivity index (χ2v) is 5.16. The minimum atomic E-state index is 1.07. The van der Waals surface area contributed by atoms with Gasteiger partial charge in [0.25, 0.3) is 0 Å². The van der Waals surface area contributed by atoms with E-state index in [0.29, 0.717) is 0 Å². The lowest BCUT2D eigenvalue weighted by Gasteiger charge is -1.99. The van der Waals surface area contributed by atoms with Gasteiger partial charge in [0.05, 0.1) is 0 Å². The van der Waals surface area contributed by atoms with Crippen molar-refractivity contribution in [2.45, 2.75) is 71.1 Å². The van der Waals surface area contributed by atoms with Gasteiger partial charge in [0, 0.05) is 12.4 Å². The van der Waals surface area contributed by atoms with E-state index in [0.717, 1.165) is 6.42 Å². The van der Waals surface area contributed by atoms with Gasteiger partial charge in [-0.15, -0.1) is 0 Å². The molecule has 0 fully saturated rings. The van der Waals surface area contributed by atoms with Gasteiger partial charge in [-0.05, 0) is 30.9 Å². The minimum Gasteiger partial charge on any atom is -0.367 e. The molecule has 0 spiro atoms. The van der Waals surface area contributed by atoms with Gasteiger partial charge in [-0.3, -0.25) is 0 Å². The van der Waals surface area contributed by atoms with Crippen LogP contribution in [0.5, 0.6) is 0 Å². The zero-order valence-electron chi connectivity index (χ0n) is 12.0. The fraction of sp³-hybridized carbons (Fsp3) is 0.647. The van der Waals surface area contributed by atoms with Gasteiger partial charge < -0.3 is 4.98 Å². The number of rotatable bonds is 11. The molecule has 0 saturated heterocycles. The summed E-state index contributed by atoms with van der Waals surface area (Å²) in [6.45, 7) is 2.28. The Morgan fingerprint density at radius 3 is 2.33 bits per heavy atom. The van der Waals surface area contributed by atoms with Gasteiger partial charge in [-0.25, -0.2) is 0 Å². The summed E-state index contributed by atoms with van der Waals surface area (Å²) in [6, 6.07) is 2.14. The van der Waals surface area contributed by atoms with Crippen LogP contribution in [0, 0.1) is 0 Å². The quantitative estimate of drug-likeness (QED) is 0.384. The number of hydrogen-bond donors (Lipinski definition) is 1. The maximum atomic E-state index is 3.09. The number of aromatic amines is 1. The second kappa shape index (κ2) is 11.1. The van der Waals surface area contributed by atoms with Crippen molar-refractivity contribution in [3.8, 4) is 0 Å². The fourth-order valence-corrected chi connectivity index (χ4v) is 2.22. The van der Waals surface area contributed by atoms with Crippen LogP contribution in [-0.2, 0) is 6.42 Å². The van der Waals surface area contributed by atoms with Gasteiger partial charge >= 0.3 is 0 Å². The maximum absolute atomic E-state index is 3.09. The van der Waals surface area contributed by atoms with Crippen molar-refractivity contribution in [1.82, 2.24) is 4.98 Å². The summed E-state index contributed by atoms with van der Waals surface area (Å²) in [5.74, 6) is 0. The van der Waals surface area contributed by atoms with Crippen LogP contribution in [0.3, 0.4) is 0 Å². The van der Waals surface area contributed by atoms with E-state index < -0.39 is 0 Å². The third-order valence-corrected chi connectivity index (χ3v) is 3.41. The SMILES string of the molecule is CCCCCCCCCCC=CCc1cc[nH]c1. The van der Waals surface area contributed by atoms with E-state index in [1.165, 1.54) is 63.4 Å². The highest BCUT2D eigenvalue weighted by atomic mass is 14.6. The monoisotopic (exact) mass is 247 g/mol. The predicted octanol–water partition coefficient (Wildman–Crippen LogP) is 5.64. The van der Waals surface area contributed by atoms with E-state index in [-0.39, 0.29) is 0 Å². The van der Waals surface area contributed by atoms with E-state index >= 15 is 0 Å². The van der Waals surface area contributed by atoms with Crippen LogP contribution in [0.1, 0.15) is 70.3 Å². The van der Waals surface area contributed by atoms with Crippen molar-refractivity contribution in [3.63, 3.8) is 0 Å². The molecule has 1 heterocycles. The molecule has 0 aliphatic carbocycles. The Bertz CT molecular complexity index is 285. The highest BCUT2D eigenvalue weighted by Crippen LogP contribution is 2.10. The number of aromatic nitrogens is 1. The average Bonchev–Trinajstić information content (AvgIpc) is 2.89. The first-order valence-corrected chi connectivity index (χ1v) is 7.70. The molecular weight excluding hydrogens is 218 g/mol. The number of allylic oxidation sites excluding steroid dienone is 2. The Balaban J connectivity index is 1.82. The molecule has 1 nitrogen and oxygen atoms in total. The van der Waals surface area contributed by atoms with Crippen molar-refractivity contribution < 1.29 is 0 Å². The van der Waals surface area contributed by atoms with Gasteiger partial charge in [0.2, 0.25) is 0 Å². The van der Waals surface area contributed by atoms with Crippen molar-refractivity contribution in [3.05, 3.63) is 36.2 Å². The predicted molar refractivity (Wildman–Crippen MR) is 80.9 cm³/mol. The minimum absolute atomic E-state index is 1.07. The van der Waals surface area contributed by atoms with E-state index in [2.05, 4.69) is 36.3 Å². The highest BCUT2D eigenvalue weighted by Gasteiger charge is 1.91. The first kappa shape index (κ1) is 15.1. The number of unbranched alkanes of at least 4 members (excludes halogenated alkanes) is 8. The molecule has 1 aromatic heterocycles. The van der Waals surface area contributed by atoms with E-state index in [9.17, 15) is 0 Å². The normalized spacial score (nSPS) is 11.4. The van der Waals surface area contributed by atoms with Crippen LogP contribution in [0.2, 0.25) is 0 Å². The lowest BCUT2D eigenvalue weighted by molar-refractivity contribution is 0.577. The summed E-state index contributed by atoms with van der Waals surface area (Å²) < 4.78 is 0. The zero-order valence-corrected chi connectivity index (χ0v) is 12.0. The van der Waals surface area contributed by atoms with Crippen molar-refractivity contribution >= 4 is 0 Å². The Hall–Kier alpha value is -0.980. The third-order valence-electron chi connectivity index (χ3n) is 3.41. The molecule has 0 saturated carbocycles. The first-order chi connectivity index (χ1) is 8.93. The van der Waals surface area contributed by atoms with Crippen LogP contribution in [0.4, 0.5) is 0 Å². The molecule has 1 heteroatoms. The molecule has 1 aromatic rings. The summed E-state index contributed by atoms with van der Waals surface area (Å²) in [4.78, 5) is 3.09. The van der Waals surface area contributed by atoms with Crippen molar-refractivity contribution in [2.24, 2.45) is 0 Å². The maximum Gasteiger partial charge on any atom is 0.00405 e. The molecule has 1 N–H and O–H groups in total. The molecule has 0 atom stereocenters. The molecule has 0 radical (unpaired) electrons. The first-order valence-electron chi connectivity index (χ1n) is 7.70. The molecule has 18 heavy (non-hydrogen) atoms. The van der Waals surface area contributed by atoms with Crippen molar-refractivity contribution in [1.29, 1.82) is 0 Å². The summed E-state index contributed by atoms with van der Waals surface area (Å²) in [5, 5.41) is 0. The zero-order chi connectivity index (χ0) is 12.9. The van der Waals surface area contributed by atoms with Gasteiger partial charge in [0.15, 0.2) is 0 Å². The van der Waals surface area contributed by atoms with Crippen LogP contribution in [0.15, 0.2) is 30.6 Å². The van der Waals surface area contributed by atoms with Gasteiger partial charge in [-0.1, -0.05) is 64.0 Å². The summed E-state index contributed by atoms with van der Waals surface area (Å²) in [5.41, 5.74) is 1.38. The highest BCUT2D eigenvalue weighted by molar-refractivity contribution is 5.12. The Morgan fingerprint density at radius 1 is 0.944 bits per heavy atom. The molecule has 1 rings (SSSR count). The smallest absolute Gasteiger partial charge is 0.00405 e. The second-order valence-electron chi connectivity index (χ2n) is 5.16. The van der Waals surface area contributed by atoms with E-state index in [1.807, 2.05) is 6.20 Å². The standard InChI is InChI=1S/C17H29N/c1-2-3-4-5-6-7-8-9-10-11-12-13-17-14-15-18-16-17/h11-12,14-16,18H,2-10,13H2,1H3. The molecule has 102 valence electrons. The van der Waals surface area contributed by atoms with Crippen LogP contribution < -0.4 is 0 Å². The van der Waals surface area contributed by atoms with Crippen LogP contribution >= 0.6 is 0 Å². The Kier molecular flexibility index (Phi) is 9.32. The van der Waals surface area contributed by atoms with E-state index in [1.54, 1.807) is 0 Å². The number of hydrogen-bond acceptors (Lipinski definition) is 0. The molecule has 0 aromatic carbocycles. The Morgan fingerprint density at radius 2 is 1.67 bits per heavy atom. The molecule has 0 bridgehead atoms. The summed E-state index contributed by atoms with van der Waals surface area (Å²) in [6.07, 6.45) is 22.3. The average molecular weight is 247 g/mol. The molecule has 0 amide bonds. The topological polar surface area (TPSA) is 15.8 Å². The lowest BCUT2D eigenvalue weighted by Crippen LogP contribution is -1.80. The molecule has 0 aliphatic heterocycles. The largest absolute Gasteiger partial charge is 0.367 e. The molecule has 0 aliphatic rings. The fourth-order valence-electron chi connectivity index (χ4n) is 2.22. The van der Waals surface area contributed by atoms with Crippen LogP contribution in [-0.4, -0.2) is 4.98 Å². The summed E-state index contributed by atoms with van der Waals surface area (Å²) >= 11 is 0. The van der Waals surface area contributed by atoms with Crippen molar-refractivity contribution in [2.75, 3.05) is 0 Å².